The lowest BCUT2D eigenvalue weighted by molar-refractivity contribution is 0.0494. The Labute approximate surface area is 190 Å². The highest BCUT2D eigenvalue weighted by Gasteiger charge is 2.34. The predicted octanol–water partition coefficient (Wildman–Crippen LogP) is 3.11. The second-order valence-corrected chi connectivity index (χ2v) is 10.6. The third kappa shape index (κ3) is 5.10. The third-order valence-corrected chi connectivity index (χ3v) is 7.93. The molecule has 0 unspecified atom stereocenters. The highest BCUT2D eigenvalue weighted by molar-refractivity contribution is 7.92. The van der Waals surface area contributed by atoms with Crippen LogP contribution in [0.4, 0.5) is 5.82 Å². The molecule has 9 heteroatoms. The number of hydrogen-bond donors (Lipinski definition) is 1. The lowest BCUT2D eigenvalue weighted by Gasteiger charge is -2.25. The predicted molar refractivity (Wildman–Crippen MR) is 121 cm³/mol. The van der Waals surface area contributed by atoms with Gasteiger partial charge in [-0.05, 0) is 69.6 Å². The number of aromatic nitrogens is 2. The van der Waals surface area contributed by atoms with Crippen molar-refractivity contribution in [2.45, 2.75) is 57.6 Å². The zero-order chi connectivity index (χ0) is 22.7. The van der Waals surface area contributed by atoms with Crippen LogP contribution >= 0.6 is 0 Å². The first-order valence-electron chi connectivity index (χ1n) is 11.4. The first-order chi connectivity index (χ1) is 15.4. The van der Waals surface area contributed by atoms with E-state index in [9.17, 15) is 13.5 Å². The fourth-order valence-corrected chi connectivity index (χ4v) is 5.63. The van der Waals surface area contributed by atoms with Crippen LogP contribution in [0, 0.1) is 18.8 Å². The molecule has 2 aliphatic rings. The van der Waals surface area contributed by atoms with Crippen LogP contribution in [0.2, 0.25) is 0 Å². The maximum absolute atomic E-state index is 13.7. The molecule has 0 radical (unpaired) electrons. The van der Waals surface area contributed by atoms with Gasteiger partial charge in [-0.15, -0.1) is 0 Å². The number of rotatable bonds is 10. The largest absolute Gasteiger partial charge is 0.493 e. The minimum Gasteiger partial charge on any atom is -0.493 e. The van der Waals surface area contributed by atoms with Gasteiger partial charge >= 0.3 is 0 Å². The number of aliphatic hydroxyl groups is 1. The summed E-state index contributed by atoms with van der Waals surface area (Å²) >= 11 is 0. The van der Waals surface area contributed by atoms with E-state index in [2.05, 4.69) is 5.10 Å². The number of nitrogens with zero attached hydrogens (tertiary/aromatic N) is 3. The molecule has 8 nitrogen and oxygen atoms in total. The molecule has 1 saturated carbocycles. The van der Waals surface area contributed by atoms with Gasteiger partial charge in [0.1, 0.15) is 11.6 Å². The van der Waals surface area contributed by atoms with Crippen LogP contribution in [0.25, 0.3) is 0 Å². The van der Waals surface area contributed by atoms with Gasteiger partial charge in [0.25, 0.3) is 10.0 Å². The lowest BCUT2D eigenvalue weighted by Crippen LogP contribution is -2.34. The van der Waals surface area contributed by atoms with Crippen LogP contribution in [-0.2, 0) is 27.9 Å². The van der Waals surface area contributed by atoms with Crippen molar-refractivity contribution in [1.82, 2.24) is 9.78 Å². The zero-order valence-corrected chi connectivity index (χ0v) is 19.7. The van der Waals surface area contributed by atoms with Crippen LogP contribution in [0.15, 0.2) is 29.2 Å². The van der Waals surface area contributed by atoms with Gasteiger partial charge in [-0.3, -0.25) is 0 Å². The molecule has 0 amide bonds. The first-order valence-corrected chi connectivity index (χ1v) is 12.9. The number of sulfonamides is 1. The van der Waals surface area contributed by atoms with Crippen molar-refractivity contribution in [3.05, 3.63) is 35.5 Å². The molecule has 176 valence electrons. The van der Waals surface area contributed by atoms with E-state index in [1.165, 1.54) is 10.4 Å². The van der Waals surface area contributed by atoms with Crippen molar-refractivity contribution in [3.8, 4) is 5.75 Å². The Morgan fingerprint density at radius 2 is 1.94 bits per heavy atom. The Balaban J connectivity index is 1.60. The first kappa shape index (κ1) is 23.1. The summed E-state index contributed by atoms with van der Waals surface area (Å²) in [6.45, 7) is 6.56. The van der Waals surface area contributed by atoms with Crippen molar-refractivity contribution < 1.29 is 23.0 Å². The summed E-state index contributed by atoms with van der Waals surface area (Å²) in [6, 6.07) is 6.60. The van der Waals surface area contributed by atoms with E-state index in [4.69, 9.17) is 9.47 Å². The highest BCUT2D eigenvalue weighted by Crippen LogP contribution is 2.35. The van der Waals surface area contributed by atoms with Gasteiger partial charge in [0.2, 0.25) is 0 Å². The summed E-state index contributed by atoms with van der Waals surface area (Å²) in [5.41, 5.74) is 1.26. The molecular formula is C23H33N3O5S. The van der Waals surface area contributed by atoms with Gasteiger partial charge in [-0.1, -0.05) is 0 Å². The van der Waals surface area contributed by atoms with E-state index in [1.54, 1.807) is 16.8 Å². The molecule has 0 spiro atoms. The number of ether oxygens (including phenoxy) is 2. The Morgan fingerprint density at radius 1 is 1.19 bits per heavy atom. The molecule has 32 heavy (non-hydrogen) atoms. The smallest absolute Gasteiger partial charge is 0.265 e. The normalized spacial score (nSPS) is 17.5. The van der Waals surface area contributed by atoms with Gasteiger partial charge < -0.3 is 14.6 Å². The number of hydrogen-bond acceptors (Lipinski definition) is 6. The van der Waals surface area contributed by atoms with Crippen LogP contribution < -0.4 is 9.04 Å². The van der Waals surface area contributed by atoms with Crippen LogP contribution in [-0.4, -0.2) is 49.7 Å². The van der Waals surface area contributed by atoms with Crippen molar-refractivity contribution >= 4 is 15.8 Å². The maximum atomic E-state index is 13.7. The molecule has 2 heterocycles. The Hall–Kier alpha value is -2.10. The Bertz CT molecular complexity index is 1030. The van der Waals surface area contributed by atoms with E-state index in [0.717, 1.165) is 44.6 Å². The fraction of sp³-hybridized carbons (Fsp3) is 0.609. The van der Waals surface area contributed by atoms with Gasteiger partial charge in [0, 0.05) is 37.9 Å². The quantitative estimate of drug-likeness (QED) is 0.582. The van der Waals surface area contributed by atoms with Gasteiger partial charge in [-0.2, -0.15) is 5.10 Å². The average Bonchev–Trinajstić information content (AvgIpc) is 3.56. The second kappa shape index (κ2) is 9.80. The second-order valence-electron chi connectivity index (χ2n) is 8.73. The molecule has 1 aromatic carbocycles. The van der Waals surface area contributed by atoms with Gasteiger partial charge in [0.15, 0.2) is 0 Å². The van der Waals surface area contributed by atoms with Crippen molar-refractivity contribution in [2.75, 3.05) is 30.7 Å². The number of anilines is 1. The van der Waals surface area contributed by atoms with Crippen LogP contribution in [0.5, 0.6) is 5.75 Å². The van der Waals surface area contributed by atoms with Crippen molar-refractivity contribution in [1.29, 1.82) is 0 Å². The monoisotopic (exact) mass is 463 g/mol. The third-order valence-electron chi connectivity index (χ3n) is 6.16. The molecule has 1 aliphatic carbocycles. The Kier molecular flexibility index (Phi) is 7.07. The number of aryl methyl sites for hydroxylation is 2. The minimum absolute atomic E-state index is 0.155. The molecule has 4 rings (SSSR count). The summed E-state index contributed by atoms with van der Waals surface area (Å²) < 4.78 is 42.0. The van der Waals surface area contributed by atoms with E-state index < -0.39 is 10.0 Å². The summed E-state index contributed by atoms with van der Waals surface area (Å²) in [4.78, 5) is 0.155. The highest BCUT2D eigenvalue weighted by atomic mass is 32.2. The Morgan fingerprint density at radius 3 is 2.59 bits per heavy atom. The summed E-state index contributed by atoms with van der Waals surface area (Å²) in [5.74, 6) is 1.89. The van der Waals surface area contributed by atoms with E-state index in [0.29, 0.717) is 48.7 Å². The number of benzene rings is 1. The average molecular weight is 464 g/mol. The lowest BCUT2D eigenvalue weighted by atomic mass is 10.0. The molecular weight excluding hydrogens is 430 g/mol. The fourth-order valence-electron chi connectivity index (χ4n) is 4.04. The van der Waals surface area contributed by atoms with E-state index in [1.807, 2.05) is 19.9 Å². The summed E-state index contributed by atoms with van der Waals surface area (Å²) in [6.07, 6.45) is 3.96. The molecule has 2 aromatic rings. The molecule has 2 fully saturated rings. The number of aliphatic hydroxyl groups excluding tert-OH is 1. The van der Waals surface area contributed by atoms with Crippen LogP contribution in [0.3, 0.4) is 0 Å². The molecule has 1 aliphatic heterocycles. The maximum Gasteiger partial charge on any atom is 0.265 e. The van der Waals surface area contributed by atoms with Crippen LogP contribution in [0.1, 0.15) is 43.9 Å². The topological polar surface area (TPSA) is 93.9 Å². The minimum atomic E-state index is -3.82. The van der Waals surface area contributed by atoms with Gasteiger partial charge in [0.05, 0.1) is 23.8 Å². The van der Waals surface area contributed by atoms with Crippen molar-refractivity contribution in [3.63, 3.8) is 0 Å². The molecule has 1 aromatic heterocycles. The zero-order valence-electron chi connectivity index (χ0n) is 18.9. The summed E-state index contributed by atoms with van der Waals surface area (Å²) in [5, 5.41) is 14.4. The molecule has 1 N–H and O–H groups in total. The van der Waals surface area contributed by atoms with E-state index in [-0.39, 0.29) is 11.5 Å². The SMILES string of the molecule is CCn1nc(C)cc1N(CC1CC1)S(=O)(=O)c1ccc(OCC2CCOCC2)c(CO)c1. The molecule has 1 saturated heterocycles. The van der Waals surface area contributed by atoms with Gasteiger partial charge in [-0.25, -0.2) is 17.4 Å². The molecule has 0 bridgehead atoms. The standard InChI is InChI=1S/C23H33N3O5S/c1-3-25-23(12-17(2)24-25)26(14-18-4-5-18)32(28,29)21-6-7-22(20(13-21)15-27)31-16-19-8-10-30-11-9-19/h6-7,12-13,18-19,27H,3-5,8-11,14-16H2,1-2H3. The summed E-state index contributed by atoms with van der Waals surface area (Å²) in [7, 11) is -3.82. The molecule has 0 atom stereocenters. The van der Waals surface area contributed by atoms with E-state index >= 15 is 0 Å². The van der Waals surface area contributed by atoms with Crippen molar-refractivity contribution in [2.24, 2.45) is 11.8 Å².